The Morgan fingerprint density at radius 3 is 2.56 bits per heavy atom. The highest BCUT2D eigenvalue weighted by molar-refractivity contribution is 4.78. The smallest absolute Gasteiger partial charge is 0.0568 e. The van der Waals surface area contributed by atoms with Crippen LogP contribution in [0.2, 0.25) is 0 Å². The second-order valence-electron chi connectivity index (χ2n) is 5.36. The van der Waals surface area contributed by atoms with E-state index in [1.165, 1.54) is 38.5 Å². The lowest BCUT2D eigenvalue weighted by Crippen LogP contribution is -2.25. The van der Waals surface area contributed by atoms with Crippen molar-refractivity contribution in [2.75, 3.05) is 0 Å². The quantitative estimate of drug-likeness (QED) is 0.504. The van der Waals surface area contributed by atoms with E-state index in [4.69, 9.17) is 0 Å². The molecule has 1 atom stereocenters. The summed E-state index contributed by atoms with van der Waals surface area (Å²) in [5.74, 6) is 1.53. The van der Waals surface area contributed by atoms with Crippen molar-refractivity contribution in [2.45, 2.75) is 70.8 Å². The van der Waals surface area contributed by atoms with Gasteiger partial charge in [-0.1, -0.05) is 38.7 Å². The Balaban J connectivity index is 2.16. The van der Waals surface area contributed by atoms with E-state index in [-0.39, 0.29) is 6.10 Å². The van der Waals surface area contributed by atoms with Gasteiger partial charge in [0.2, 0.25) is 0 Å². The van der Waals surface area contributed by atoms with E-state index in [2.05, 4.69) is 13.5 Å². The van der Waals surface area contributed by atoms with Crippen molar-refractivity contribution in [1.82, 2.24) is 0 Å². The highest BCUT2D eigenvalue weighted by atomic mass is 16.3. The molecule has 0 aromatic carbocycles. The lowest BCUT2D eigenvalue weighted by atomic mass is 9.77. The van der Waals surface area contributed by atoms with E-state index in [0.29, 0.717) is 5.92 Å². The molecule has 1 aliphatic carbocycles. The van der Waals surface area contributed by atoms with E-state index in [9.17, 15) is 5.11 Å². The summed E-state index contributed by atoms with van der Waals surface area (Å²) in [6.45, 7) is 5.99. The van der Waals surface area contributed by atoms with Gasteiger partial charge in [-0.2, -0.15) is 0 Å². The molecule has 1 nitrogen and oxygen atoms in total. The number of hydrogen-bond donors (Lipinski definition) is 1. The van der Waals surface area contributed by atoms with Crippen molar-refractivity contribution in [3.05, 3.63) is 12.7 Å². The third-order valence-corrected chi connectivity index (χ3v) is 4.04. The summed E-state index contributed by atoms with van der Waals surface area (Å²) in [6.07, 6.45) is 12.9. The number of hydrogen-bond acceptors (Lipinski definition) is 1. The molecule has 1 N–H and O–H groups in total. The van der Waals surface area contributed by atoms with E-state index >= 15 is 0 Å². The lowest BCUT2D eigenvalue weighted by Gasteiger charge is -2.31. The number of aliphatic hydroxyl groups is 1. The first-order chi connectivity index (χ1) is 7.77. The van der Waals surface area contributed by atoms with Crippen LogP contribution in [0.5, 0.6) is 0 Å². The molecule has 0 aliphatic heterocycles. The zero-order valence-corrected chi connectivity index (χ0v) is 10.8. The van der Waals surface area contributed by atoms with Crippen molar-refractivity contribution in [1.29, 1.82) is 0 Å². The molecule has 1 aliphatic rings. The van der Waals surface area contributed by atoms with Crippen LogP contribution in [-0.4, -0.2) is 11.2 Å². The molecular weight excluding hydrogens is 196 g/mol. The zero-order valence-electron chi connectivity index (χ0n) is 10.8. The van der Waals surface area contributed by atoms with Crippen LogP contribution in [0.1, 0.15) is 64.7 Å². The molecular formula is C15H28O. The predicted molar refractivity (Wildman–Crippen MR) is 70.4 cm³/mol. The maximum absolute atomic E-state index is 10.1. The summed E-state index contributed by atoms with van der Waals surface area (Å²) >= 11 is 0. The van der Waals surface area contributed by atoms with Gasteiger partial charge in [-0.05, 0) is 43.9 Å². The molecule has 1 fully saturated rings. The van der Waals surface area contributed by atoms with E-state index in [1.807, 2.05) is 6.08 Å². The lowest BCUT2D eigenvalue weighted by molar-refractivity contribution is 0.0644. The Morgan fingerprint density at radius 1 is 1.31 bits per heavy atom. The van der Waals surface area contributed by atoms with Crippen LogP contribution in [-0.2, 0) is 0 Å². The molecule has 0 amide bonds. The number of aliphatic hydroxyl groups excluding tert-OH is 1. The van der Waals surface area contributed by atoms with Gasteiger partial charge in [-0.15, -0.1) is 6.58 Å². The molecule has 1 saturated carbocycles. The van der Waals surface area contributed by atoms with Crippen LogP contribution < -0.4 is 0 Å². The highest BCUT2D eigenvalue weighted by Crippen LogP contribution is 2.34. The molecule has 0 aromatic heterocycles. The van der Waals surface area contributed by atoms with Gasteiger partial charge >= 0.3 is 0 Å². The Hall–Kier alpha value is -0.300. The standard InChI is InChI=1S/C15H28O/c1-3-5-6-8-15(16)14-11-9-13(7-4-2)10-12-14/h3,13-16H,1,4-12H2,2H3. The fourth-order valence-electron chi connectivity index (χ4n) is 2.98. The molecule has 0 bridgehead atoms. The highest BCUT2D eigenvalue weighted by Gasteiger charge is 2.25. The van der Waals surface area contributed by atoms with Crippen LogP contribution >= 0.6 is 0 Å². The first-order valence-electron chi connectivity index (χ1n) is 7.06. The van der Waals surface area contributed by atoms with E-state index < -0.39 is 0 Å². The van der Waals surface area contributed by atoms with Crippen molar-refractivity contribution in [3.63, 3.8) is 0 Å². The summed E-state index contributed by atoms with van der Waals surface area (Å²) in [7, 11) is 0. The molecule has 0 saturated heterocycles. The molecule has 0 spiro atoms. The molecule has 1 heteroatoms. The third-order valence-electron chi connectivity index (χ3n) is 4.04. The van der Waals surface area contributed by atoms with E-state index in [1.54, 1.807) is 0 Å². The van der Waals surface area contributed by atoms with Crippen molar-refractivity contribution < 1.29 is 5.11 Å². The van der Waals surface area contributed by atoms with Gasteiger partial charge in [0, 0.05) is 0 Å². The van der Waals surface area contributed by atoms with Crippen LogP contribution in [0, 0.1) is 11.8 Å². The summed E-state index contributed by atoms with van der Waals surface area (Å²) in [4.78, 5) is 0. The topological polar surface area (TPSA) is 20.2 Å². The van der Waals surface area contributed by atoms with E-state index in [0.717, 1.165) is 25.2 Å². The summed E-state index contributed by atoms with van der Waals surface area (Å²) in [5, 5.41) is 10.1. The number of allylic oxidation sites excluding steroid dienone is 1. The third kappa shape index (κ3) is 4.69. The normalized spacial score (nSPS) is 27.6. The summed E-state index contributed by atoms with van der Waals surface area (Å²) in [5.41, 5.74) is 0. The van der Waals surface area contributed by atoms with Crippen LogP contribution in [0.25, 0.3) is 0 Å². The minimum Gasteiger partial charge on any atom is -0.393 e. The second-order valence-corrected chi connectivity index (χ2v) is 5.36. The van der Waals surface area contributed by atoms with Crippen molar-refractivity contribution in [3.8, 4) is 0 Å². The monoisotopic (exact) mass is 224 g/mol. The zero-order chi connectivity index (χ0) is 11.8. The largest absolute Gasteiger partial charge is 0.393 e. The van der Waals surface area contributed by atoms with Gasteiger partial charge in [-0.3, -0.25) is 0 Å². The molecule has 16 heavy (non-hydrogen) atoms. The van der Waals surface area contributed by atoms with Crippen LogP contribution in [0.3, 0.4) is 0 Å². The number of rotatable bonds is 7. The maximum Gasteiger partial charge on any atom is 0.0568 e. The summed E-state index contributed by atoms with van der Waals surface area (Å²) in [6, 6.07) is 0. The van der Waals surface area contributed by atoms with Gasteiger partial charge in [-0.25, -0.2) is 0 Å². The molecule has 1 rings (SSSR count). The van der Waals surface area contributed by atoms with Crippen molar-refractivity contribution in [2.24, 2.45) is 11.8 Å². The van der Waals surface area contributed by atoms with Crippen LogP contribution in [0.15, 0.2) is 12.7 Å². The fourth-order valence-corrected chi connectivity index (χ4v) is 2.98. The average Bonchev–Trinajstić information content (AvgIpc) is 2.30. The molecule has 0 radical (unpaired) electrons. The maximum atomic E-state index is 10.1. The van der Waals surface area contributed by atoms with Gasteiger partial charge in [0.05, 0.1) is 6.10 Å². The Labute approximate surface area is 101 Å². The molecule has 0 heterocycles. The van der Waals surface area contributed by atoms with Crippen molar-refractivity contribution >= 4 is 0 Å². The summed E-state index contributed by atoms with van der Waals surface area (Å²) < 4.78 is 0. The minimum absolute atomic E-state index is 0.0532. The van der Waals surface area contributed by atoms with Gasteiger partial charge in [0.15, 0.2) is 0 Å². The van der Waals surface area contributed by atoms with Gasteiger partial charge in [0.25, 0.3) is 0 Å². The van der Waals surface area contributed by atoms with Crippen LogP contribution in [0.4, 0.5) is 0 Å². The Morgan fingerprint density at radius 2 is 2.00 bits per heavy atom. The molecule has 1 unspecified atom stereocenters. The first kappa shape index (κ1) is 13.8. The second kappa shape index (κ2) is 7.89. The van der Waals surface area contributed by atoms with Gasteiger partial charge < -0.3 is 5.11 Å². The fraction of sp³-hybridized carbons (Fsp3) is 0.867. The minimum atomic E-state index is -0.0532. The molecule has 0 aromatic rings. The SMILES string of the molecule is C=CCCCC(O)C1CCC(CCC)CC1. The number of unbranched alkanes of at least 4 members (excludes halogenated alkanes) is 1. The first-order valence-corrected chi connectivity index (χ1v) is 7.06. The average molecular weight is 224 g/mol. The predicted octanol–water partition coefficient (Wildman–Crippen LogP) is 4.31. The molecule has 94 valence electrons. The van der Waals surface area contributed by atoms with Gasteiger partial charge in [0.1, 0.15) is 0 Å². The Kier molecular flexibility index (Phi) is 6.79. The Bertz CT molecular complexity index is 180.